The first-order chi connectivity index (χ1) is 12.5. The lowest BCUT2D eigenvalue weighted by atomic mass is 9.97. The number of hydrogen-bond acceptors (Lipinski definition) is 3. The van der Waals surface area contributed by atoms with Crippen molar-refractivity contribution < 1.29 is 14.3 Å². The van der Waals surface area contributed by atoms with Crippen molar-refractivity contribution in [2.45, 2.75) is 51.0 Å². The average molecular weight is 354 g/mol. The highest BCUT2D eigenvalue weighted by molar-refractivity contribution is 5.94. The molecule has 1 fully saturated rings. The lowest BCUT2D eigenvalue weighted by Crippen LogP contribution is -2.40. The molecule has 1 aromatic heterocycles. The minimum atomic E-state index is -0.356. The summed E-state index contributed by atoms with van der Waals surface area (Å²) in [5.41, 5.74) is 2.68. The van der Waals surface area contributed by atoms with E-state index in [0.717, 1.165) is 37.8 Å². The first kappa shape index (κ1) is 18.2. The van der Waals surface area contributed by atoms with E-state index in [0.29, 0.717) is 18.7 Å². The molecule has 2 aromatic rings. The number of benzene rings is 1. The molecule has 1 aliphatic heterocycles. The summed E-state index contributed by atoms with van der Waals surface area (Å²) in [4.78, 5) is 26.7. The standard InChI is InChI=1S/C21H26N2O3/c1-21(15-26-20(25)23-21)14-13-17-11-12-18(22-17)19(24)10-6-5-9-16-7-3-2-4-8-16/h2-4,7-8,11-12,22H,5-6,9-10,13-15H2,1H3,(H,23,25)/t21-/m1/s1. The number of aryl methyl sites for hydroxylation is 2. The first-order valence-electron chi connectivity index (χ1n) is 9.24. The van der Waals surface area contributed by atoms with Crippen LogP contribution in [0.3, 0.4) is 0 Å². The van der Waals surface area contributed by atoms with Gasteiger partial charge in [0.25, 0.3) is 0 Å². The number of aromatic nitrogens is 1. The van der Waals surface area contributed by atoms with Gasteiger partial charge in [-0.05, 0) is 56.7 Å². The Morgan fingerprint density at radius 2 is 1.92 bits per heavy atom. The highest BCUT2D eigenvalue weighted by Crippen LogP contribution is 2.19. The van der Waals surface area contributed by atoms with Crippen LogP contribution in [-0.2, 0) is 17.6 Å². The smallest absolute Gasteiger partial charge is 0.407 e. The SMILES string of the molecule is C[C@@]1(CCc2ccc(C(=O)CCCCc3ccccc3)[nH]2)COC(=O)N1. The van der Waals surface area contributed by atoms with E-state index in [9.17, 15) is 9.59 Å². The van der Waals surface area contributed by atoms with Gasteiger partial charge in [-0.1, -0.05) is 30.3 Å². The van der Waals surface area contributed by atoms with Gasteiger partial charge in [-0.25, -0.2) is 4.79 Å². The summed E-state index contributed by atoms with van der Waals surface area (Å²) >= 11 is 0. The van der Waals surface area contributed by atoms with Crippen molar-refractivity contribution in [3.8, 4) is 0 Å². The van der Waals surface area contributed by atoms with Gasteiger partial charge in [0.2, 0.25) is 0 Å². The molecule has 1 aromatic carbocycles. The maximum Gasteiger partial charge on any atom is 0.407 e. The third-order valence-electron chi connectivity index (χ3n) is 4.88. The van der Waals surface area contributed by atoms with Gasteiger partial charge < -0.3 is 15.0 Å². The largest absolute Gasteiger partial charge is 0.447 e. The van der Waals surface area contributed by atoms with Gasteiger partial charge in [0.05, 0.1) is 11.2 Å². The summed E-state index contributed by atoms with van der Waals surface area (Å²) in [7, 11) is 0. The minimum absolute atomic E-state index is 0.160. The molecule has 1 atom stereocenters. The van der Waals surface area contributed by atoms with Gasteiger partial charge >= 0.3 is 6.09 Å². The Morgan fingerprint density at radius 3 is 2.65 bits per heavy atom. The van der Waals surface area contributed by atoms with E-state index in [1.807, 2.05) is 37.3 Å². The monoisotopic (exact) mass is 354 g/mol. The summed E-state index contributed by atoms with van der Waals surface area (Å²) in [6, 6.07) is 14.2. The maximum atomic E-state index is 12.3. The number of amides is 1. The number of ether oxygens (including phenoxy) is 1. The second-order valence-corrected chi connectivity index (χ2v) is 7.27. The van der Waals surface area contributed by atoms with E-state index in [-0.39, 0.29) is 17.4 Å². The fourth-order valence-electron chi connectivity index (χ4n) is 3.23. The minimum Gasteiger partial charge on any atom is -0.447 e. The molecule has 2 N–H and O–H groups in total. The van der Waals surface area contributed by atoms with Crippen LogP contribution in [0.4, 0.5) is 4.79 Å². The molecule has 0 aliphatic carbocycles. The molecule has 5 nitrogen and oxygen atoms in total. The summed E-state index contributed by atoms with van der Waals surface area (Å²) in [6.07, 6.45) is 4.66. The molecule has 0 saturated carbocycles. The number of H-pyrrole nitrogens is 1. The second kappa shape index (κ2) is 8.21. The quantitative estimate of drug-likeness (QED) is 0.527. The van der Waals surface area contributed by atoms with Gasteiger partial charge in [0.1, 0.15) is 6.61 Å². The molecule has 138 valence electrons. The average Bonchev–Trinajstić information content (AvgIpc) is 3.25. The number of cyclic esters (lactones) is 1. The zero-order chi connectivity index (χ0) is 18.4. The van der Waals surface area contributed by atoms with Gasteiger partial charge in [0, 0.05) is 12.1 Å². The molecule has 5 heteroatoms. The predicted molar refractivity (Wildman–Crippen MR) is 100 cm³/mol. The van der Waals surface area contributed by atoms with Crippen molar-refractivity contribution in [1.29, 1.82) is 0 Å². The van der Waals surface area contributed by atoms with Gasteiger partial charge in [-0.3, -0.25) is 4.79 Å². The Kier molecular flexibility index (Phi) is 5.76. The Balaban J connectivity index is 1.40. The summed E-state index contributed by atoms with van der Waals surface area (Å²) in [5.74, 6) is 0.160. The van der Waals surface area contributed by atoms with Crippen LogP contribution in [0.1, 0.15) is 54.4 Å². The van der Waals surface area contributed by atoms with Crippen molar-refractivity contribution >= 4 is 11.9 Å². The number of Topliss-reactive ketones (excluding diaryl/α,β-unsaturated/α-hetero) is 1. The van der Waals surface area contributed by atoms with Crippen LogP contribution in [0.15, 0.2) is 42.5 Å². The highest BCUT2D eigenvalue weighted by Gasteiger charge is 2.34. The second-order valence-electron chi connectivity index (χ2n) is 7.27. The summed E-state index contributed by atoms with van der Waals surface area (Å²) < 4.78 is 4.97. The molecule has 1 aliphatic rings. The number of aromatic amines is 1. The summed E-state index contributed by atoms with van der Waals surface area (Å²) in [6.45, 7) is 2.36. The molecule has 3 rings (SSSR count). The molecule has 0 spiro atoms. The van der Waals surface area contributed by atoms with E-state index in [2.05, 4.69) is 22.4 Å². The van der Waals surface area contributed by atoms with Crippen molar-refractivity contribution in [2.24, 2.45) is 0 Å². The Labute approximate surface area is 154 Å². The first-order valence-corrected chi connectivity index (χ1v) is 9.24. The van der Waals surface area contributed by atoms with E-state index in [1.54, 1.807) is 0 Å². The normalized spacial score (nSPS) is 19.2. The van der Waals surface area contributed by atoms with Crippen LogP contribution in [0, 0.1) is 0 Å². The fourth-order valence-corrected chi connectivity index (χ4v) is 3.23. The Morgan fingerprint density at radius 1 is 1.12 bits per heavy atom. The lowest BCUT2D eigenvalue weighted by Gasteiger charge is -2.20. The number of carbonyl (C=O) groups is 2. The van der Waals surface area contributed by atoms with Crippen LogP contribution in [0.2, 0.25) is 0 Å². The molecule has 26 heavy (non-hydrogen) atoms. The van der Waals surface area contributed by atoms with E-state index < -0.39 is 0 Å². The number of nitrogens with one attached hydrogen (secondary N) is 2. The van der Waals surface area contributed by atoms with Crippen LogP contribution >= 0.6 is 0 Å². The van der Waals surface area contributed by atoms with Gasteiger partial charge in [-0.2, -0.15) is 0 Å². The fraction of sp³-hybridized carbons (Fsp3) is 0.429. The van der Waals surface area contributed by atoms with Crippen LogP contribution in [0.25, 0.3) is 0 Å². The third kappa shape index (κ3) is 4.97. The van der Waals surface area contributed by atoms with E-state index in [1.165, 1.54) is 5.56 Å². The van der Waals surface area contributed by atoms with Crippen molar-refractivity contribution in [2.75, 3.05) is 6.61 Å². The number of rotatable bonds is 9. The van der Waals surface area contributed by atoms with Crippen molar-refractivity contribution in [3.05, 3.63) is 59.4 Å². The maximum absolute atomic E-state index is 12.3. The van der Waals surface area contributed by atoms with E-state index in [4.69, 9.17) is 4.74 Å². The predicted octanol–water partition coefficient (Wildman–Crippen LogP) is 4.04. The molecule has 0 radical (unpaired) electrons. The van der Waals surface area contributed by atoms with E-state index >= 15 is 0 Å². The lowest BCUT2D eigenvalue weighted by molar-refractivity contribution is 0.0975. The summed E-state index contributed by atoms with van der Waals surface area (Å²) in [5, 5.41) is 2.84. The molecular formula is C21H26N2O3. The molecule has 2 heterocycles. The molecule has 0 unspecified atom stereocenters. The Bertz CT molecular complexity index is 754. The molecule has 1 amide bonds. The number of ketones is 1. The van der Waals surface area contributed by atoms with Gasteiger partial charge in [0.15, 0.2) is 5.78 Å². The van der Waals surface area contributed by atoms with Crippen LogP contribution in [0.5, 0.6) is 0 Å². The molecule has 0 bridgehead atoms. The van der Waals surface area contributed by atoms with Crippen LogP contribution in [-0.4, -0.2) is 29.0 Å². The molecule has 1 saturated heterocycles. The number of alkyl carbamates (subject to hydrolysis) is 1. The number of hydrogen-bond donors (Lipinski definition) is 2. The highest BCUT2D eigenvalue weighted by atomic mass is 16.6. The van der Waals surface area contributed by atoms with Gasteiger partial charge in [-0.15, -0.1) is 0 Å². The van der Waals surface area contributed by atoms with Crippen molar-refractivity contribution in [3.63, 3.8) is 0 Å². The van der Waals surface area contributed by atoms with Crippen LogP contribution < -0.4 is 5.32 Å². The third-order valence-corrected chi connectivity index (χ3v) is 4.88. The topological polar surface area (TPSA) is 71.2 Å². The zero-order valence-corrected chi connectivity index (χ0v) is 15.2. The zero-order valence-electron chi connectivity index (χ0n) is 15.2. The number of carbonyl (C=O) groups excluding carboxylic acids is 2. The Hall–Kier alpha value is -2.56. The van der Waals surface area contributed by atoms with Crippen molar-refractivity contribution in [1.82, 2.24) is 10.3 Å². The molecular weight excluding hydrogens is 328 g/mol. The number of unbranched alkanes of at least 4 members (excludes halogenated alkanes) is 1.